The second-order valence-electron chi connectivity index (χ2n) is 7.18. The number of rotatable bonds is 4. The fraction of sp³-hybridized carbons (Fsp3) is 0.611. The van der Waals surface area contributed by atoms with Crippen LogP contribution in [0.5, 0.6) is 0 Å². The summed E-state index contributed by atoms with van der Waals surface area (Å²) < 4.78 is 0. The van der Waals surface area contributed by atoms with Gasteiger partial charge in [-0.2, -0.15) is 0 Å². The first kappa shape index (κ1) is 14.4. The van der Waals surface area contributed by atoms with Gasteiger partial charge in [0.1, 0.15) is 0 Å². The van der Waals surface area contributed by atoms with E-state index >= 15 is 0 Å². The maximum atomic E-state index is 11.7. The van der Waals surface area contributed by atoms with Crippen molar-refractivity contribution in [3.05, 3.63) is 29.8 Å². The van der Waals surface area contributed by atoms with Crippen molar-refractivity contribution in [1.82, 2.24) is 0 Å². The molecule has 2 aliphatic rings. The molecule has 0 saturated heterocycles. The molecule has 1 fully saturated rings. The maximum absolute atomic E-state index is 11.7. The van der Waals surface area contributed by atoms with Crippen LogP contribution >= 0.6 is 0 Å². The number of carboxylic acids is 1. The number of fused-ring (bicyclic) bond motifs is 1. The van der Waals surface area contributed by atoms with E-state index in [1.165, 1.54) is 36.9 Å². The molecule has 114 valence electrons. The van der Waals surface area contributed by atoms with Gasteiger partial charge in [-0.1, -0.05) is 31.0 Å². The van der Waals surface area contributed by atoms with Gasteiger partial charge in [0.05, 0.1) is 5.41 Å². The van der Waals surface area contributed by atoms with Crippen LogP contribution in [0.3, 0.4) is 0 Å². The topological polar surface area (TPSA) is 40.5 Å². The number of carboxylic acid groups (broad SMARTS) is 1. The van der Waals surface area contributed by atoms with Gasteiger partial charge in [-0.25, -0.2) is 0 Å². The fourth-order valence-corrected chi connectivity index (χ4v) is 3.93. The highest BCUT2D eigenvalue weighted by Gasteiger charge is 2.45. The lowest BCUT2D eigenvalue weighted by Gasteiger charge is -2.37. The Hall–Kier alpha value is -1.51. The molecular weight excluding hydrogens is 262 g/mol. The molecule has 1 saturated carbocycles. The van der Waals surface area contributed by atoms with E-state index in [0.29, 0.717) is 0 Å². The maximum Gasteiger partial charge on any atom is 0.311 e. The summed E-state index contributed by atoms with van der Waals surface area (Å²) in [6.45, 7) is 4.75. The highest BCUT2D eigenvalue weighted by molar-refractivity contribution is 5.77. The lowest BCUT2D eigenvalue weighted by atomic mass is 9.82. The Balaban J connectivity index is 1.91. The summed E-state index contributed by atoms with van der Waals surface area (Å²) in [5.41, 5.74) is 1.83. The molecule has 3 nitrogen and oxygen atoms in total. The predicted octanol–water partition coefficient (Wildman–Crippen LogP) is 3.72. The number of anilines is 1. The van der Waals surface area contributed by atoms with Gasteiger partial charge >= 0.3 is 5.97 Å². The minimum Gasteiger partial charge on any atom is -0.481 e. The van der Waals surface area contributed by atoms with E-state index in [9.17, 15) is 9.90 Å². The Morgan fingerprint density at radius 3 is 2.62 bits per heavy atom. The zero-order chi connectivity index (χ0) is 15.0. The lowest BCUT2D eigenvalue weighted by molar-refractivity contribution is -0.148. The molecule has 1 N–H and O–H groups in total. The zero-order valence-electron chi connectivity index (χ0n) is 13.0. The second-order valence-corrected chi connectivity index (χ2v) is 7.18. The number of benzene rings is 1. The van der Waals surface area contributed by atoms with Crippen LogP contribution in [-0.2, 0) is 11.2 Å². The molecule has 1 heterocycles. The molecule has 0 bridgehead atoms. The number of hydrogen-bond acceptors (Lipinski definition) is 2. The van der Waals surface area contributed by atoms with Crippen LogP contribution in [-0.4, -0.2) is 23.7 Å². The van der Waals surface area contributed by atoms with Crippen LogP contribution in [0, 0.1) is 11.3 Å². The number of nitrogens with zero attached hydrogens (tertiary/aromatic N) is 1. The first-order valence-electron chi connectivity index (χ1n) is 8.08. The molecule has 1 aromatic rings. The standard InChI is InChI=1S/C18H25NO2/c1-18(2,17(20)21)16-11-14-9-5-6-10-15(14)19(16)12-13-7-3-4-8-13/h5-6,9-10,13,16H,3-4,7-8,11-12H2,1-2H3,(H,20,21). The van der Waals surface area contributed by atoms with E-state index in [1.54, 1.807) is 0 Å². The third-order valence-corrected chi connectivity index (χ3v) is 5.40. The minimum atomic E-state index is -0.725. The zero-order valence-corrected chi connectivity index (χ0v) is 13.0. The molecule has 3 heteroatoms. The quantitative estimate of drug-likeness (QED) is 0.917. The summed E-state index contributed by atoms with van der Waals surface area (Å²) in [5.74, 6) is 0.0278. The molecule has 0 radical (unpaired) electrons. The van der Waals surface area contributed by atoms with Crippen molar-refractivity contribution < 1.29 is 9.90 Å². The average molecular weight is 287 g/mol. The van der Waals surface area contributed by atoms with Crippen LogP contribution in [0.15, 0.2) is 24.3 Å². The Morgan fingerprint density at radius 1 is 1.29 bits per heavy atom. The Kier molecular flexibility index (Phi) is 3.68. The largest absolute Gasteiger partial charge is 0.481 e. The van der Waals surface area contributed by atoms with Gasteiger partial charge in [0.15, 0.2) is 0 Å². The van der Waals surface area contributed by atoms with Crippen molar-refractivity contribution in [2.24, 2.45) is 11.3 Å². The van der Waals surface area contributed by atoms with Crippen LogP contribution in [0.25, 0.3) is 0 Å². The molecule has 1 aromatic carbocycles. The first-order chi connectivity index (χ1) is 10.00. The monoisotopic (exact) mass is 287 g/mol. The van der Waals surface area contributed by atoms with Crippen molar-refractivity contribution in [1.29, 1.82) is 0 Å². The first-order valence-corrected chi connectivity index (χ1v) is 8.08. The van der Waals surface area contributed by atoms with E-state index in [0.717, 1.165) is 18.9 Å². The van der Waals surface area contributed by atoms with E-state index in [2.05, 4.69) is 29.2 Å². The van der Waals surface area contributed by atoms with E-state index in [1.807, 2.05) is 13.8 Å². The van der Waals surface area contributed by atoms with E-state index in [-0.39, 0.29) is 6.04 Å². The summed E-state index contributed by atoms with van der Waals surface area (Å²) in [6.07, 6.45) is 6.08. The third-order valence-electron chi connectivity index (χ3n) is 5.40. The van der Waals surface area contributed by atoms with Gasteiger partial charge in [0.25, 0.3) is 0 Å². The van der Waals surface area contributed by atoms with E-state index in [4.69, 9.17) is 0 Å². The molecule has 1 aliphatic heterocycles. The van der Waals surface area contributed by atoms with Gasteiger partial charge in [0, 0.05) is 18.3 Å². The molecule has 1 aliphatic carbocycles. The Labute approximate surface area is 127 Å². The predicted molar refractivity (Wildman–Crippen MR) is 84.7 cm³/mol. The summed E-state index contributed by atoms with van der Waals surface area (Å²) >= 11 is 0. The molecule has 1 atom stereocenters. The summed E-state index contributed by atoms with van der Waals surface area (Å²) in [5, 5.41) is 9.63. The Bertz CT molecular complexity index is 532. The molecule has 0 amide bonds. The van der Waals surface area contributed by atoms with Gasteiger partial charge in [0.2, 0.25) is 0 Å². The van der Waals surface area contributed by atoms with Crippen LogP contribution in [0.4, 0.5) is 5.69 Å². The van der Waals surface area contributed by atoms with Gasteiger partial charge in [-0.15, -0.1) is 0 Å². The van der Waals surface area contributed by atoms with Crippen LogP contribution in [0.1, 0.15) is 45.1 Å². The SMILES string of the molecule is CC(C)(C(=O)O)C1Cc2ccccc2N1CC1CCCC1. The normalized spacial score (nSPS) is 22.6. The van der Waals surface area contributed by atoms with Crippen molar-refractivity contribution in [2.75, 3.05) is 11.4 Å². The summed E-state index contributed by atoms with van der Waals surface area (Å²) in [6, 6.07) is 8.49. The average Bonchev–Trinajstić information content (AvgIpc) is 3.07. The molecule has 21 heavy (non-hydrogen) atoms. The summed E-state index contributed by atoms with van der Waals surface area (Å²) in [7, 11) is 0. The fourth-order valence-electron chi connectivity index (χ4n) is 3.93. The number of aliphatic carboxylic acids is 1. The highest BCUT2D eigenvalue weighted by Crippen LogP contribution is 2.41. The van der Waals surface area contributed by atoms with Crippen LogP contribution < -0.4 is 4.90 Å². The Morgan fingerprint density at radius 2 is 1.95 bits per heavy atom. The minimum absolute atomic E-state index is 0.0630. The van der Waals surface area contributed by atoms with Gasteiger partial charge < -0.3 is 10.0 Å². The van der Waals surface area contributed by atoms with Crippen molar-refractivity contribution in [2.45, 2.75) is 52.0 Å². The van der Waals surface area contributed by atoms with Crippen molar-refractivity contribution in [3.8, 4) is 0 Å². The smallest absolute Gasteiger partial charge is 0.311 e. The van der Waals surface area contributed by atoms with E-state index < -0.39 is 11.4 Å². The van der Waals surface area contributed by atoms with Crippen LogP contribution in [0.2, 0.25) is 0 Å². The highest BCUT2D eigenvalue weighted by atomic mass is 16.4. The number of carbonyl (C=O) groups is 1. The molecule has 0 spiro atoms. The third kappa shape index (κ3) is 2.54. The van der Waals surface area contributed by atoms with Gasteiger partial charge in [-0.3, -0.25) is 4.79 Å². The second kappa shape index (κ2) is 5.36. The molecule has 1 unspecified atom stereocenters. The number of para-hydroxylation sites is 1. The van der Waals surface area contributed by atoms with Gasteiger partial charge in [-0.05, 0) is 50.7 Å². The molecular formula is C18H25NO2. The van der Waals surface area contributed by atoms with Crippen molar-refractivity contribution >= 4 is 11.7 Å². The van der Waals surface area contributed by atoms with Crippen molar-refractivity contribution in [3.63, 3.8) is 0 Å². The molecule has 3 rings (SSSR count). The lowest BCUT2D eigenvalue weighted by Crippen LogP contribution is -2.49. The molecule has 0 aromatic heterocycles. The number of hydrogen-bond donors (Lipinski definition) is 1. The summed E-state index contributed by atoms with van der Waals surface area (Å²) in [4.78, 5) is 14.1.